The van der Waals surface area contributed by atoms with E-state index < -0.39 is 24.1 Å². The number of nitrogens with zero attached hydrogens (tertiary/aromatic N) is 4. The Morgan fingerprint density at radius 3 is 2.65 bits per heavy atom. The molecule has 0 radical (unpaired) electrons. The quantitative estimate of drug-likeness (QED) is 0.550. The van der Waals surface area contributed by atoms with Gasteiger partial charge >= 0.3 is 12.3 Å². The van der Waals surface area contributed by atoms with Crippen LogP contribution in [-0.4, -0.2) is 82.9 Å². The number of hydrogen-bond acceptors (Lipinski definition) is 8. The Labute approximate surface area is 213 Å². The monoisotopic (exact) mass is 523 g/mol. The van der Waals surface area contributed by atoms with Crippen LogP contribution < -0.4 is 10.1 Å². The van der Waals surface area contributed by atoms with Crippen LogP contribution >= 0.6 is 0 Å². The number of carbonyl (C=O) groups excluding carboxylic acids is 2. The molecule has 0 unspecified atom stereocenters. The maximum absolute atomic E-state index is 13.5. The summed E-state index contributed by atoms with van der Waals surface area (Å²) in [5.41, 5.74) is 0.410. The number of alkyl halides is 3. The summed E-state index contributed by atoms with van der Waals surface area (Å²) in [5.74, 6) is -1.10. The molecule has 2 fully saturated rings. The van der Waals surface area contributed by atoms with Gasteiger partial charge in [-0.15, -0.1) is 13.2 Å². The van der Waals surface area contributed by atoms with E-state index in [0.29, 0.717) is 42.8 Å². The smallest absolute Gasteiger partial charge is 0.469 e. The molecule has 1 aromatic carbocycles. The molecule has 1 aromatic heterocycles. The number of benzene rings is 1. The normalized spacial score (nSPS) is 24.7. The van der Waals surface area contributed by atoms with Gasteiger partial charge in [0.1, 0.15) is 23.9 Å². The lowest BCUT2D eigenvalue weighted by Gasteiger charge is -2.43. The number of methoxy groups -OCH3 is 1. The molecule has 1 saturated heterocycles. The van der Waals surface area contributed by atoms with E-state index in [2.05, 4.69) is 38.8 Å². The van der Waals surface area contributed by atoms with Gasteiger partial charge in [-0.3, -0.25) is 9.59 Å². The van der Waals surface area contributed by atoms with E-state index in [4.69, 9.17) is 4.74 Å². The number of amides is 1. The maximum atomic E-state index is 13.5. The molecule has 4 atom stereocenters. The molecule has 37 heavy (non-hydrogen) atoms. The molecule has 4 rings (SSSR count). The van der Waals surface area contributed by atoms with Crippen LogP contribution in [0.1, 0.15) is 39.5 Å². The Balaban J connectivity index is 1.52. The van der Waals surface area contributed by atoms with Gasteiger partial charge < -0.3 is 24.6 Å². The third-order valence-electron chi connectivity index (χ3n) is 7.47. The second kappa shape index (κ2) is 10.7. The fraction of sp³-hybridized carbons (Fsp3) is 0.600. The number of ether oxygens (including phenoxy) is 2. The molecule has 0 spiro atoms. The lowest BCUT2D eigenvalue weighted by molar-refractivity contribution is -0.274. The summed E-state index contributed by atoms with van der Waals surface area (Å²) in [4.78, 5) is 38.4. The summed E-state index contributed by atoms with van der Waals surface area (Å²) in [6, 6.07) is 3.40. The van der Waals surface area contributed by atoms with E-state index in [1.54, 1.807) is 4.90 Å². The van der Waals surface area contributed by atoms with E-state index in [1.165, 1.54) is 31.6 Å². The van der Waals surface area contributed by atoms with Crippen LogP contribution in [0.15, 0.2) is 24.5 Å². The lowest BCUT2D eigenvalue weighted by atomic mass is 9.80. The fourth-order valence-corrected chi connectivity index (χ4v) is 5.38. The Morgan fingerprint density at radius 1 is 1.22 bits per heavy atom. The summed E-state index contributed by atoms with van der Waals surface area (Å²) in [6.07, 6.45) is -0.957. The molecule has 1 aliphatic carbocycles. The minimum absolute atomic E-state index is 0.177. The van der Waals surface area contributed by atoms with E-state index in [9.17, 15) is 22.8 Å². The Bertz CT molecular complexity index is 1140. The molecule has 1 saturated carbocycles. The molecule has 0 bridgehead atoms. The molecular formula is C25H32F3N5O4. The number of likely N-dealkylation sites (tertiary alicyclic amines) is 1. The Kier molecular flexibility index (Phi) is 7.77. The van der Waals surface area contributed by atoms with Crippen molar-refractivity contribution >= 4 is 28.6 Å². The van der Waals surface area contributed by atoms with Crippen molar-refractivity contribution in [3.63, 3.8) is 0 Å². The average molecular weight is 524 g/mol. The van der Waals surface area contributed by atoms with Crippen molar-refractivity contribution in [2.45, 2.75) is 70.1 Å². The molecule has 202 valence electrons. The topological polar surface area (TPSA) is 96.9 Å². The highest BCUT2D eigenvalue weighted by Crippen LogP contribution is 2.36. The van der Waals surface area contributed by atoms with Crippen molar-refractivity contribution in [1.29, 1.82) is 0 Å². The van der Waals surface area contributed by atoms with Crippen LogP contribution in [0.4, 0.5) is 19.0 Å². The van der Waals surface area contributed by atoms with Gasteiger partial charge in [-0.1, -0.05) is 0 Å². The van der Waals surface area contributed by atoms with E-state index in [-0.39, 0.29) is 29.8 Å². The highest BCUT2D eigenvalue weighted by Gasteiger charge is 2.45. The fourth-order valence-electron chi connectivity index (χ4n) is 5.38. The van der Waals surface area contributed by atoms with Crippen molar-refractivity contribution in [2.24, 2.45) is 5.92 Å². The summed E-state index contributed by atoms with van der Waals surface area (Å²) in [7, 11) is 3.41. The van der Waals surface area contributed by atoms with Gasteiger partial charge in [0, 0.05) is 30.1 Å². The molecule has 9 nitrogen and oxygen atoms in total. The van der Waals surface area contributed by atoms with E-state index >= 15 is 0 Å². The average Bonchev–Trinajstić information content (AvgIpc) is 3.21. The number of nitrogens with one attached hydrogen (secondary N) is 1. The molecule has 1 N–H and O–H groups in total. The van der Waals surface area contributed by atoms with Crippen LogP contribution in [0, 0.1) is 5.92 Å². The molecule has 2 aromatic rings. The van der Waals surface area contributed by atoms with Gasteiger partial charge in [-0.25, -0.2) is 9.97 Å². The first-order chi connectivity index (χ1) is 17.5. The van der Waals surface area contributed by atoms with Crippen molar-refractivity contribution in [3.05, 3.63) is 24.5 Å². The van der Waals surface area contributed by atoms with Crippen LogP contribution in [0.5, 0.6) is 5.75 Å². The van der Waals surface area contributed by atoms with E-state index in [0.717, 1.165) is 6.42 Å². The third-order valence-corrected chi connectivity index (χ3v) is 7.47. The summed E-state index contributed by atoms with van der Waals surface area (Å²) < 4.78 is 47.3. The van der Waals surface area contributed by atoms with Crippen molar-refractivity contribution in [3.8, 4) is 5.75 Å². The minimum atomic E-state index is -4.84. The zero-order valence-electron chi connectivity index (χ0n) is 21.3. The maximum Gasteiger partial charge on any atom is 0.573 e. The van der Waals surface area contributed by atoms with Crippen LogP contribution in [0.25, 0.3) is 10.9 Å². The SMILES string of the molecule is COC(=O)[C@@H]1C[C@H](N(C)C(C)C)CC[C@@H]1N1CC[C@H](Nc2ncnc3ccc(OC(F)(F)F)cc23)C1=O. The summed E-state index contributed by atoms with van der Waals surface area (Å²) in [5, 5.41) is 3.39. The number of hydrogen-bond donors (Lipinski definition) is 1. The Morgan fingerprint density at radius 2 is 1.97 bits per heavy atom. The van der Waals surface area contributed by atoms with Gasteiger partial charge in [-0.2, -0.15) is 0 Å². The first-order valence-electron chi connectivity index (χ1n) is 12.4. The van der Waals surface area contributed by atoms with Crippen LogP contribution in [-0.2, 0) is 14.3 Å². The second-order valence-electron chi connectivity index (χ2n) is 9.89. The zero-order chi connectivity index (χ0) is 26.9. The van der Waals surface area contributed by atoms with Gasteiger partial charge in [0.05, 0.1) is 18.5 Å². The van der Waals surface area contributed by atoms with Gasteiger partial charge in [0.25, 0.3) is 0 Å². The van der Waals surface area contributed by atoms with Gasteiger partial charge in [0.15, 0.2) is 0 Å². The van der Waals surface area contributed by atoms with Crippen molar-refractivity contribution < 1.29 is 32.2 Å². The van der Waals surface area contributed by atoms with Crippen molar-refractivity contribution in [2.75, 3.05) is 26.0 Å². The summed E-state index contributed by atoms with van der Waals surface area (Å²) >= 11 is 0. The lowest BCUT2D eigenvalue weighted by Crippen LogP contribution is -2.53. The number of anilines is 1. The summed E-state index contributed by atoms with van der Waals surface area (Å²) in [6.45, 7) is 4.66. The van der Waals surface area contributed by atoms with Crippen LogP contribution in [0.2, 0.25) is 0 Å². The predicted octanol–water partition coefficient (Wildman–Crippen LogP) is 3.59. The minimum Gasteiger partial charge on any atom is -0.469 e. The van der Waals surface area contributed by atoms with Gasteiger partial charge in [0.2, 0.25) is 5.91 Å². The first-order valence-corrected chi connectivity index (χ1v) is 12.4. The molecule has 2 heterocycles. The van der Waals surface area contributed by atoms with Crippen molar-refractivity contribution in [1.82, 2.24) is 19.8 Å². The molecule has 1 aliphatic heterocycles. The number of carbonyl (C=O) groups is 2. The predicted molar refractivity (Wildman–Crippen MR) is 130 cm³/mol. The molecule has 1 amide bonds. The largest absolute Gasteiger partial charge is 0.573 e. The zero-order valence-corrected chi connectivity index (χ0v) is 21.3. The standard InChI is InChI=1S/C25H32F3N5O4/c1-14(2)32(3)15-5-8-21(18(11-15)24(35)36-4)33-10-9-20(23(33)34)31-22-17-12-16(37-25(26,27)28)6-7-19(17)29-13-30-22/h6-7,12-15,18,20-21H,5,8-11H2,1-4H3,(H,29,30,31)/t15-,18-,20+,21+/m1/s1. The highest BCUT2D eigenvalue weighted by molar-refractivity contribution is 5.93. The number of rotatable bonds is 7. The molecular weight excluding hydrogens is 491 g/mol. The number of esters is 1. The number of aromatic nitrogens is 2. The first kappa shape index (κ1) is 26.9. The molecule has 12 heteroatoms. The van der Waals surface area contributed by atoms with Gasteiger partial charge in [-0.05, 0) is 64.8 Å². The second-order valence-corrected chi connectivity index (χ2v) is 9.89. The third kappa shape index (κ3) is 5.89. The molecule has 2 aliphatic rings. The number of fused-ring (bicyclic) bond motifs is 1. The highest BCUT2D eigenvalue weighted by atomic mass is 19.4. The number of halogens is 3. The Hall–Kier alpha value is -3.15. The van der Waals surface area contributed by atoms with E-state index in [1.807, 2.05) is 7.05 Å². The van der Waals surface area contributed by atoms with Crippen LogP contribution in [0.3, 0.4) is 0 Å².